The molecule has 0 unspecified atom stereocenters. The number of methoxy groups -OCH3 is 1. The van der Waals surface area contributed by atoms with Gasteiger partial charge in [-0.25, -0.2) is 4.98 Å². The summed E-state index contributed by atoms with van der Waals surface area (Å²) in [4.78, 5) is 5.22. The van der Waals surface area contributed by atoms with E-state index in [4.69, 9.17) is 10.5 Å². The number of rotatable bonds is 4. The Bertz CT molecular complexity index is 270. The average Bonchev–Trinajstić information content (AvgIpc) is 2.48. The van der Waals surface area contributed by atoms with Crippen LogP contribution in [0.15, 0.2) is 6.20 Å². The fraction of sp³-hybridized carbons (Fsp3) is 0.667. The lowest BCUT2D eigenvalue weighted by molar-refractivity contribution is 0.0159. The molecule has 4 heteroatoms. The summed E-state index contributed by atoms with van der Waals surface area (Å²) in [6.45, 7) is 4.16. The molecule has 0 atom stereocenters. The van der Waals surface area contributed by atoms with Crippen molar-refractivity contribution in [3.05, 3.63) is 11.1 Å². The Morgan fingerprint density at radius 2 is 2.31 bits per heavy atom. The Balaban J connectivity index is 2.43. The number of thiazole rings is 1. The molecule has 1 aromatic heterocycles. The molecular formula is C9H16N2OS. The van der Waals surface area contributed by atoms with Gasteiger partial charge in [-0.05, 0) is 26.7 Å². The quantitative estimate of drug-likeness (QED) is 0.809. The number of aryl methyl sites for hydroxylation is 1. The maximum Gasteiger partial charge on any atom is 0.180 e. The molecule has 1 aromatic rings. The van der Waals surface area contributed by atoms with E-state index in [1.54, 1.807) is 18.4 Å². The molecule has 0 radical (unpaired) electrons. The molecular weight excluding hydrogens is 184 g/mol. The number of hydrogen-bond donors (Lipinski definition) is 1. The first kappa shape index (κ1) is 10.5. The zero-order valence-corrected chi connectivity index (χ0v) is 9.15. The van der Waals surface area contributed by atoms with E-state index in [1.807, 2.05) is 6.20 Å². The second kappa shape index (κ2) is 4.07. The minimum Gasteiger partial charge on any atom is -0.379 e. The number of aromatic nitrogens is 1. The maximum absolute atomic E-state index is 5.53. The lowest BCUT2D eigenvalue weighted by atomic mass is 10.0. The van der Waals surface area contributed by atoms with Crippen molar-refractivity contribution in [2.24, 2.45) is 0 Å². The first-order valence-corrected chi connectivity index (χ1v) is 5.10. The molecule has 0 fully saturated rings. The van der Waals surface area contributed by atoms with Crippen LogP contribution >= 0.6 is 11.3 Å². The first-order chi connectivity index (χ1) is 6.03. The normalized spacial score (nSPS) is 11.9. The van der Waals surface area contributed by atoms with Crippen molar-refractivity contribution in [2.75, 3.05) is 12.8 Å². The fourth-order valence-corrected chi connectivity index (χ4v) is 1.65. The molecule has 1 heterocycles. The Morgan fingerprint density at radius 3 is 2.77 bits per heavy atom. The van der Waals surface area contributed by atoms with Crippen molar-refractivity contribution in [3.8, 4) is 0 Å². The standard InChI is InChI=1S/C9H16N2OS/c1-9(2,12-3)5-4-7-6-11-8(10)13-7/h6H,4-5H2,1-3H3,(H2,10,11). The van der Waals surface area contributed by atoms with Crippen LogP contribution in [0.1, 0.15) is 25.1 Å². The summed E-state index contributed by atoms with van der Waals surface area (Å²) in [5, 5.41) is 0.644. The lowest BCUT2D eigenvalue weighted by Crippen LogP contribution is -2.22. The van der Waals surface area contributed by atoms with E-state index in [1.165, 1.54) is 4.88 Å². The SMILES string of the molecule is COC(C)(C)CCc1cnc(N)s1. The maximum atomic E-state index is 5.53. The Hall–Kier alpha value is -0.610. The third-order valence-corrected chi connectivity index (χ3v) is 2.98. The first-order valence-electron chi connectivity index (χ1n) is 4.29. The average molecular weight is 200 g/mol. The predicted molar refractivity (Wildman–Crippen MR) is 55.9 cm³/mol. The highest BCUT2D eigenvalue weighted by molar-refractivity contribution is 7.15. The van der Waals surface area contributed by atoms with Crippen LogP contribution in [0.25, 0.3) is 0 Å². The predicted octanol–water partition coefficient (Wildman–Crippen LogP) is 2.08. The molecule has 0 aliphatic heterocycles. The number of nitrogens with zero attached hydrogens (tertiary/aromatic N) is 1. The number of nitrogens with two attached hydrogens (primary N) is 1. The van der Waals surface area contributed by atoms with Crippen LogP contribution in [0.5, 0.6) is 0 Å². The third-order valence-electron chi connectivity index (χ3n) is 2.10. The van der Waals surface area contributed by atoms with E-state index in [0.29, 0.717) is 5.13 Å². The van der Waals surface area contributed by atoms with Gasteiger partial charge in [-0.3, -0.25) is 0 Å². The summed E-state index contributed by atoms with van der Waals surface area (Å²) in [6.07, 6.45) is 3.81. The summed E-state index contributed by atoms with van der Waals surface area (Å²) in [5.41, 5.74) is 5.47. The van der Waals surface area contributed by atoms with Crippen LogP contribution in [-0.4, -0.2) is 17.7 Å². The lowest BCUT2D eigenvalue weighted by Gasteiger charge is -2.21. The van der Waals surface area contributed by atoms with Crippen molar-refractivity contribution in [1.29, 1.82) is 0 Å². The minimum atomic E-state index is -0.0568. The molecule has 2 N–H and O–H groups in total. The molecule has 0 aromatic carbocycles. The molecule has 0 amide bonds. The van der Waals surface area contributed by atoms with Crippen molar-refractivity contribution in [1.82, 2.24) is 4.98 Å². The van der Waals surface area contributed by atoms with Crippen LogP contribution in [0.3, 0.4) is 0 Å². The molecule has 0 spiro atoms. The van der Waals surface area contributed by atoms with Gasteiger partial charge < -0.3 is 10.5 Å². The van der Waals surface area contributed by atoms with E-state index in [0.717, 1.165) is 12.8 Å². The van der Waals surface area contributed by atoms with Crippen molar-refractivity contribution in [3.63, 3.8) is 0 Å². The van der Waals surface area contributed by atoms with Gasteiger partial charge in [0.1, 0.15) is 0 Å². The molecule has 0 bridgehead atoms. The summed E-state index contributed by atoms with van der Waals surface area (Å²) in [5.74, 6) is 0. The van der Waals surface area contributed by atoms with Gasteiger partial charge in [0.05, 0.1) is 5.60 Å². The molecule has 13 heavy (non-hydrogen) atoms. The topological polar surface area (TPSA) is 48.1 Å². The van der Waals surface area contributed by atoms with Gasteiger partial charge >= 0.3 is 0 Å². The zero-order chi connectivity index (χ0) is 9.90. The number of hydrogen-bond acceptors (Lipinski definition) is 4. The molecule has 0 aliphatic rings. The number of nitrogen functional groups attached to an aromatic ring is 1. The van der Waals surface area contributed by atoms with E-state index in [9.17, 15) is 0 Å². The Kier molecular flexibility index (Phi) is 3.27. The number of anilines is 1. The van der Waals surface area contributed by atoms with Gasteiger partial charge in [0.15, 0.2) is 5.13 Å². The molecule has 74 valence electrons. The van der Waals surface area contributed by atoms with Gasteiger partial charge in [-0.15, -0.1) is 11.3 Å². The van der Waals surface area contributed by atoms with Gasteiger partial charge in [0, 0.05) is 18.2 Å². The Labute approximate surface area is 82.9 Å². The molecule has 0 saturated heterocycles. The van der Waals surface area contributed by atoms with Crippen LogP contribution in [-0.2, 0) is 11.2 Å². The summed E-state index contributed by atoms with van der Waals surface area (Å²) < 4.78 is 5.32. The van der Waals surface area contributed by atoms with E-state index < -0.39 is 0 Å². The van der Waals surface area contributed by atoms with Crippen LogP contribution < -0.4 is 5.73 Å². The van der Waals surface area contributed by atoms with Gasteiger partial charge in [0.2, 0.25) is 0 Å². The largest absolute Gasteiger partial charge is 0.379 e. The molecule has 0 aliphatic carbocycles. The zero-order valence-electron chi connectivity index (χ0n) is 8.33. The molecule has 1 rings (SSSR count). The second-order valence-electron chi connectivity index (χ2n) is 3.63. The van der Waals surface area contributed by atoms with Crippen molar-refractivity contribution in [2.45, 2.75) is 32.3 Å². The van der Waals surface area contributed by atoms with Crippen LogP contribution in [0, 0.1) is 0 Å². The monoisotopic (exact) mass is 200 g/mol. The minimum absolute atomic E-state index is 0.0568. The summed E-state index contributed by atoms with van der Waals surface area (Å²) >= 11 is 1.55. The highest BCUT2D eigenvalue weighted by atomic mass is 32.1. The highest BCUT2D eigenvalue weighted by Gasteiger charge is 2.16. The van der Waals surface area contributed by atoms with Crippen LogP contribution in [0.4, 0.5) is 5.13 Å². The second-order valence-corrected chi connectivity index (χ2v) is 4.78. The van der Waals surface area contributed by atoms with Gasteiger partial charge in [0.25, 0.3) is 0 Å². The molecule has 3 nitrogen and oxygen atoms in total. The van der Waals surface area contributed by atoms with E-state index in [2.05, 4.69) is 18.8 Å². The van der Waals surface area contributed by atoms with Crippen LogP contribution in [0.2, 0.25) is 0 Å². The number of ether oxygens (including phenoxy) is 1. The smallest absolute Gasteiger partial charge is 0.180 e. The summed E-state index contributed by atoms with van der Waals surface area (Å²) in [6, 6.07) is 0. The third kappa shape index (κ3) is 3.32. The van der Waals surface area contributed by atoms with Gasteiger partial charge in [-0.2, -0.15) is 0 Å². The van der Waals surface area contributed by atoms with Crippen molar-refractivity contribution >= 4 is 16.5 Å². The van der Waals surface area contributed by atoms with Gasteiger partial charge in [-0.1, -0.05) is 0 Å². The van der Waals surface area contributed by atoms with E-state index in [-0.39, 0.29) is 5.60 Å². The fourth-order valence-electron chi connectivity index (χ4n) is 0.965. The van der Waals surface area contributed by atoms with Crippen molar-refractivity contribution < 1.29 is 4.74 Å². The summed E-state index contributed by atoms with van der Waals surface area (Å²) in [7, 11) is 1.74. The Morgan fingerprint density at radius 1 is 1.62 bits per heavy atom. The molecule has 0 saturated carbocycles. The highest BCUT2D eigenvalue weighted by Crippen LogP contribution is 2.21. The van der Waals surface area contributed by atoms with E-state index >= 15 is 0 Å².